The van der Waals surface area contributed by atoms with Crippen molar-refractivity contribution in [1.82, 2.24) is 5.32 Å². The Bertz CT molecular complexity index is 1020. The quantitative estimate of drug-likeness (QED) is 0.705. The molecule has 3 aromatic rings. The van der Waals surface area contributed by atoms with Crippen LogP contribution in [0.1, 0.15) is 35.2 Å². The molecule has 2 N–H and O–H groups in total. The summed E-state index contributed by atoms with van der Waals surface area (Å²) >= 11 is 0. The van der Waals surface area contributed by atoms with E-state index < -0.39 is 5.63 Å². The Morgan fingerprint density at radius 1 is 1.19 bits per heavy atom. The zero-order valence-corrected chi connectivity index (χ0v) is 15.0. The fourth-order valence-corrected chi connectivity index (χ4v) is 3.14. The molecule has 5 nitrogen and oxygen atoms in total. The Morgan fingerprint density at radius 2 is 1.88 bits per heavy atom. The van der Waals surface area contributed by atoms with Gasteiger partial charge in [-0.25, -0.2) is 4.79 Å². The number of benzene rings is 2. The summed E-state index contributed by atoms with van der Waals surface area (Å²) in [6, 6.07) is 12.7. The molecule has 1 atom stereocenters. The Kier molecular flexibility index (Phi) is 4.80. The van der Waals surface area contributed by atoms with Gasteiger partial charge in [-0.2, -0.15) is 0 Å². The van der Waals surface area contributed by atoms with Gasteiger partial charge in [0.25, 0.3) is 0 Å². The molecular weight excluding hydrogens is 330 g/mol. The molecule has 0 radical (unpaired) electrons. The van der Waals surface area contributed by atoms with Gasteiger partial charge in [0.1, 0.15) is 11.3 Å². The van der Waals surface area contributed by atoms with Gasteiger partial charge in [0.15, 0.2) is 0 Å². The topological polar surface area (TPSA) is 79.5 Å². The van der Waals surface area contributed by atoms with Gasteiger partial charge in [0, 0.05) is 0 Å². The third-order valence-electron chi connectivity index (χ3n) is 4.52. The number of hydrogen-bond acceptors (Lipinski definition) is 4. The average molecular weight is 351 g/mol. The van der Waals surface area contributed by atoms with E-state index in [0.29, 0.717) is 16.5 Å². The van der Waals surface area contributed by atoms with E-state index in [9.17, 15) is 14.7 Å². The van der Waals surface area contributed by atoms with Crippen molar-refractivity contribution in [1.29, 1.82) is 0 Å². The Hall–Kier alpha value is -3.08. The van der Waals surface area contributed by atoms with Crippen LogP contribution >= 0.6 is 0 Å². The van der Waals surface area contributed by atoms with Crippen molar-refractivity contribution in [2.45, 2.75) is 33.2 Å². The molecule has 0 saturated heterocycles. The number of amides is 1. The van der Waals surface area contributed by atoms with Crippen LogP contribution in [-0.4, -0.2) is 11.0 Å². The third kappa shape index (κ3) is 3.47. The standard InChI is InChI=1S/C21H21NO4/c1-12-9-17(23)20-13(2)16(21(25)26-18(20)10-12)11-19(24)22-14(3)15-7-5-4-6-8-15/h4-10,14,23H,11H2,1-3H3,(H,22,24)/t14-/m0/s1. The van der Waals surface area contributed by atoms with E-state index in [2.05, 4.69) is 5.32 Å². The van der Waals surface area contributed by atoms with Crippen LogP contribution in [0.3, 0.4) is 0 Å². The highest BCUT2D eigenvalue weighted by Gasteiger charge is 2.18. The summed E-state index contributed by atoms with van der Waals surface area (Å²) in [5.41, 5.74) is 2.37. The van der Waals surface area contributed by atoms with Crippen molar-refractivity contribution in [3.05, 3.63) is 75.1 Å². The minimum absolute atomic E-state index is 0.0422. The second kappa shape index (κ2) is 7.04. The Labute approximate surface area is 151 Å². The van der Waals surface area contributed by atoms with Gasteiger partial charge in [0.05, 0.1) is 23.4 Å². The highest BCUT2D eigenvalue weighted by atomic mass is 16.4. The fraction of sp³-hybridized carbons (Fsp3) is 0.238. The van der Waals surface area contributed by atoms with Crippen LogP contribution in [0.4, 0.5) is 0 Å². The van der Waals surface area contributed by atoms with Crippen LogP contribution < -0.4 is 10.9 Å². The predicted molar refractivity (Wildman–Crippen MR) is 100 cm³/mol. The summed E-state index contributed by atoms with van der Waals surface area (Å²) in [5, 5.41) is 13.6. The van der Waals surface area contributed by atoms with E-state index in [1.54, 1.807) is 26.0 Å². The molecule has 0 fully saturated rings. The molecule has 0 bridgehead atoms. The Balaban J connectivity index is 1.89. The lowest BCUT2D eigenvalue weighted by Crippen LogP contribution is -2.30. The number of hydrogen-bond donors (Lipinski definition) is 2. The van der Waals surface area contributed by atoms with Crippen LogP contribution in [0.5, 0.6) is 5.75 Å². The van der Waals surface area contributed by atoms with Crippen molar-refractivity contribution >= 4 is 16.9 Å². The minimum atomic E-state index is -0.553. The number of carbonyl (C=O) groups is 1. The second-order valence-corrected chi connectivity index (χ2v) is 6.53. The SMILES string of the molecule is Cc1cc(O)c2c(C)c(CC(=O)N[C@@H](C)c3ccccc3)c(=O)oc2c1. The molecule has 2 aromatic carbocycles. The first-order valence-electron chi connectivity index (χ1n) is 8.47. The number of aryl methyl sites for hydroxylation is 2. The monoisotopic (exact) mass is 351 g/mol. The highest BCUT2D eigenvalue weighted by Crippen LogP contribution is 2.30. The van der Waals surface area contributed by atoms with Gasteiger partial charge in [-0.1, -0.05) is 30.3 Å². The molecule has 3 rings (SSSR count). The number of fused-ring (bicyclic) bond motifs is 1. The first kappa shape index (κ1) is 17.7. The molecule has 1 aromatic heterocycles. The van der Waals surface area contributed by atoms with Crippen LogP contribution in [0, 0.1) is 13.8 Å². The third-order valence-corrected chi connectivity index (χ3v) is 4.52. The van der Waals surface area contributed by atoms with Crippen LogP contribution in [0.25, 0.3) is 11.0 Å². The van der Waals surface area contributed by atoms with E-state index in [1.165, 1.54) is 0 Å². The van der Waals surface area contributed by atoms with Crippen LogP contribution in [0.2, 0.25) is 0 Å². The number of nitrogens with one attached hydrogen (secondary N) is 1. The smallest absolute Gasteiger partial charge is 0.340 e. The molecule has 1 amide bonds. The molecule has 0 saturated carbocycles. The number of aromatic hydroxyl groups is 1. The van der Waals surface area contributed by atoms with Gasteiger partial charge in [-0.15, -0.1) is 0 Å². The minimum Gasteiger partial charge on any atom is -0.507 e. The first-order valence-corrected chi connectivity index (χ1v) is 8.47. The number of rotatable bonds is 4. The molecule has 0 aliphatic heterocycles. The zero-order valence-electron chi connectivity index (χ0n) is 15.0. The molecule has 0 aliphatic rings. The molecule has 1 heterocycles. The summed E-state index contributed by atoms with van der Waals surface area (Å²) in [5.74, 6) is -0.233. The van der Waals surface area contributed by atoms with Gasteiger partial charge in [-0.3, -0.25) is 4.79 Å². The predicted octanol–water partition coefficient (Wildman–Crippen LogP) is 3.54. The summed E-state index contributed by atoms with van der Waals surface area (Å²) in [6.07, 6.45) is -0.103. The second-order valence-electron chi connectivity index (χ2n) is 6.53. The molecular formula is C21H21NO4. The van der Waals surface area contributed by atoms with E-state index in [1.807, 2.05) is 37.3 Å². The number of phenolic OH excluding ortho intramolecular Hbond substituents is 1. The number of phenols is 1. The van der Waals surface area contributed by atoms with Crippen molar-refractivity contribution in [2.75, 3.05) is 0 Å². The Morgan fingerprint density at radius 3 is 2.58 bits per heavy atom. The van der Waals surface area contributed by atoms with Gasteiger partial charge in [-0.05, 0) is 49.6 Å². The summed E-state index contributed by atoms with van der Waals surface area (Å²) in [4.78, 5) is 24.8. The van der Waals surface area contributed by atoms with Crippen LogP contribution in [0.15, 0.2) is 51.7 Å². The summed E-state index contributed by atoms with van der Waals surface area (Å²) < 4.78 is 5.33. The lowest BCUT2D eigenvalue weighted by molar-refractivity contribution is -0.121. The van der Waals surface area contributed by atoms with Crippen LogP contribution in [-0.2, 0) is 11.2 Å². The molecule has 134 valence electrons. The number of carbonyl (C=O) groups excluding carboxylic acids is 1. The van der Waals surface area contributed by atoms with Crippen molar-refractivity contribution in [3.63, 3.8) is 0 Å². The fourth-order valence-electron chi connectivity index (χ4n) is 3.14. The average Bonchev–Trinajstić information content (AvgIpc) is 2.58. The van der Waals surface area contributed by atoms with Crippen molar-refractivity contribution in [3.8, 4) is 5.75 Å². The van der Waals surface area contributed by atoms with E-state index >= 15 is 0 Å². The molecule has 26 heavy (non-hydrogen) atoms. The van der Waals surface area contributed by atoms with Gasteiger partial charge in [0.2, 0.25) is 5.91 Å². The molecule has 0 aliphatic carbocycles. The largest absolute Gasteiger partial charge is 0.507 e. The van der Waals surface area contributed by atoms with Crippen molar-refractivity contribution < 1.29 is 14.3 Å². The maximum absolute atomic E-state index is 12.4. The van der Waals surface area contributed by atoms with E-state index in [4.69, 9.17) is 4.42 Å². The summed E-state index contributed by atoms with van der Waals surface area (Å²) in [6.45, 7) is 5.41. The van der Waals surface area contributed by atoms with Crippen molar-refractivity contribution in [2.24, 2.45) is 0 Å². The normalized spacial score (nSPS) is 12.1. The van der Waals surface area contributed by atoms with Gasteiger partial charge >= 0.3 is 5.63 Å². The zero-order chi connectivity index (χ0) is 18.8. The van der Waals surface area contributed by atoms with E-state index in [-0.39, 0.29) is 29.7 Å². The molecule has 5 heteroatoms. The lowest BCUT2D eigenvalue weighted by atomic mass is 10.0. The maximum Gasteiger partial charge on any atom is 0.340 e. The molecule has 0 spiro atoms. The first-order chi connectivity index (χ1) is 12.4. The maximum atomic E-state index is 12.4. The lowest BCUT2D eigenvalue weighted by Gasteiger charge is -2.15. The summed E-state index contributed by atoms with van der Waals surface area (Å²) in [7, 11) is 0. The molecule has 0 unspecified atom stereocenters. The highest BCUT2D eigenvalue weighted by molar-refractivity contribution is 5.89. The van der Waals surface area contributed by atoms with E-state index in [0.717, 1.165) is 11.1 Å². The van der Waals surface area contributed by atoms with Gasteiger partial charge < -0.3 is 14.8 Å².